The summed E-state index contributed by atoms with van der Waals surface area (Å²) in [5.41, 5.74) is 9.58. The van der Waals surface area contributed by atoms with Crippen LogP contribution in [0.25, 0.3) is 0 Å². The third-order valence-electron chi connectivity index (χ3n) is 0.399. The van der Waals surface area contributed by atoms with Crippen LogP contribution in [0.5, 0.6) is 0 Å². The van der Waals surface area contributed by atoms with Crippen LogP contribution in [0.3, 0.4) is 0 Å². The minimum Gasteiger partial charge on any atom is -0.385 e. The van der Waals surface area contributed by atoms with Gasteiger partial charge in [-0.15, -0.1) is 0 Å². The number of hydrogen-bond donors (Lipinski definition) is 3. The van der Waals surface area contributed by atoms with Crippen LogP contribution in [0, 0.1) is 0 Å². The lowest BCUT2D eigenvalue weighted by atomic mass is 10.7. The van der Waals surface area contributed by atoms with E-state index in [9.17, 15) is 4.79 Å². The van der Waals surface area contributed by atoms with E-state index in [1.807, 2.05) is 0 Å². The highest BCUT2D eigenvalue weighted by molar-refractivity contribution is 5.72. The van der Waals surface area contributed by atoms with Crippen LogP contribution >= 0.6 is 0 Å². The van der Waals surface area contributed by atoms with E-state index in [0.29, 0.717) is 0 Å². The molecule has 0 unspecified atom stereocenters. The summed E-state index contributed by atoms with van der Waals surface area (Å²) < 4.78 is 0. The minimum atomic E-state index is -0.198. The van der Waals surface area contributed by atoms with Crippen LogP contribution < -0.4 is 16.6 Å². The van der Waals surface area contributed by atoms with E-state index < -0.39 is 0 Å². The zero-order valence-electron chi connectivity index (χ0n) is 4.69. The molecule has 0 spiro atoms. The molecule has 1 amide bonds. The molecule has 4 N–H and O–H groups in total. The lowest BCUT2D eigenvalue weighted by Gasteiger charge is -2.02. The quantitative estimate of drug-likeness (QED) is 0.407. The van der Waals surface area contributed by atoms with Crippen LogP contribution in [0.1, 0.15) is 6.92 Å². The van der Waals surface area contributed by atoms with Gasteiger partial charge in [-0.05, 0) is 0 Å². The molecule has 0 aliphatic rings. The van der Waals surface area contributed by atoms with Crippen LogP contribution in [0.2, 0.25) is 0 Å². The van der Waals surface area contributed by atoms with Crippen molar-refractivity contribution in [2.45, 2.75) is 6.92 Å². The van der Waals surface area contributed by atoms with Crippen molar-refractivity contribution in [3.8, 4) is 0 Å². The molecule has 0 saturated heterocycles. The zero-order chi connectivity index (χ0) is 6.57. The number of nitrogens with two attached hydrogens (primary N) is 1. The standard InChI is InChI=1S/C4H9N3O/c1-3(5)6-7-4(2)8/h6H,1,5H2,2H3,(H,7,8). The number of carbonyl (C=O) groups is 1. The van der Waals surface area contributed by atoms with Gasteiger partial charge in [0.05, 0.1) is 0 Å². The average Bonchev–Trinajstić information content (AvgIpc) is 1.61. The molecule has 4 heteroatoms. The molecular weight excluding hydrogens is 106 g/mol. The van der Waals surface area contributed by atoms with Gasteiger partial charge in [0.1, 0.15) is 5.82 Å². The summed E-state index contributed by atoms with van der Waals surface area (Å²) in [5.74, 6) is 0.0248. The first-order chi connectivity index (χ1) is 3.63. The van der Waals surface area contributed by atoms with Gasteiger partial charge in [-0.25, -0.2) is 0 Å². The number of hydrogen-bond acceptors (Lipinski definition) is 3. The van der Waals surface area contributed by atoms with Crippen LogP contribution in [-0.4, -0.2) is 5.91 Å². The van der Waals surface area contributed by atoms with Crippen molar-refractivity contribution in [3.63, 3.8) is 0 Å². The molecule has 0 aliphatic carbocycles. The second-order valence-electron chi connectivity index (χ2n) is 1.33. The van der Waals surface area contributed by atoms with Gasteiger partial charge in [0.25, 0.3) is 0 Å². The largest absolute Gasteiger partial charge is 0.385 e. The summed E-state index contributed by atoms with van der Waals surface area (Å²) in [4.78, 5) is 10.1. The summed E-state index contributed by atoms with van der Waals surface area (Å²) in [6.07, 6.45) is 0. The molecule has 0 radical (unpaired) electrons. The Bertz CT molecular complexity index is 95.9. The van der Waals surface area contributed by atoms with Gasteiger partial charge < -0.3 is 5.73 Å². The van der Waals surface area contributed by atoms with Gasteiger partial charge in [-0.1, -0.05) is 6.58 Å². The van der Waals surface area contributed by atoms with E-state index in [1.165, 1.54) is 6.92 Å². The molecule has 0 heterocycles. The zero-order valence-corrected chi connectivity index (χ0v) is 4.69. The molecule has 0 aromatic carbocycles. The van der Waals surface area contributed by atoms with E-state index in [2.05, 4.69) is 17.4 Å². The monoisotopic (exact) mass is 115 g/mol. The Balaban J connectivity index is 3.18. The van der Waals surface area contributed by atoms with Crippen LogP contribution in [-0.2, 0) is 4.79 Å². The van der Waals surface area contributed by atoms with Gasteiger partial charge in [0.2, 0.25) is 5.91 Å². The lowest BCUT2D eigenvalue weighted by molar-refractivity contribution is -0.119. The first kappa shape index (κ1) is 6.81. The second-order valence-corrected chi connectivity index (χ2v) is 1.33. The number of amides is 1. The predicted octanol–water partition coefficient (Wildman–Crippen LogP) is -0.943. The minimum absolute atomic E-state index is 0.198. The summed E-state index contributed by atoms with van der Waals surface area (Å²) in [6.45, 7) is 4.65. The fourth-order valence-electron chi connectivity index (χ4n) is 0.168. The first-order valence-corrected chi connectivity index (χ1v) is 2.10. The second kappa shape index (κ2) is 2.90. The summed E-state index contributed by atoms with van der Waals surface area (Å²) >= 11 is 0. The molecule has 0 aromatic rings. The Kier molecular flexibility index (Phi) is 2.47. The summed E-state index contributed by atoms with van der Waals surface area (Å²) in [6, 6.07) is 0. The molecule has 0 aromatic heterocycles. The van der Waals surface area contributed by atoms with E-state index in [4.69, 9.17) is 5.73 Å². The molecule has 0 atom stereocenters. The highest BCUT2D eigenvalue weighted by Gasteiger charge is 1.84. The van der Waals surface area contributed by atoms with Crippen molar-refractivity contribution < 1.29 is 4.79 Å². The Hall–Kier alpha value is -1.19. The highest BCUT2D eigenvalue weighted by atomic mass is 16.2. The van der Waals surface area contributed by atoms with Crippen molar-refractivity contribution in [2.75, 3.05) is 0 Å². The fraction of sp³-hybridized carbons (Fsp3) is 0.250. The van der Waals surface area contributed by atoms with E-state index in [-0.39, 0.29) is 11.7 Å². The smallest absolute Gasteiger partial charge is 0.235 e. The van der Waals surface area contributed by atoms with Crippen molar-refractivity contribution in [1.29, 1.82) is 0 Å². The van der Waals surface area contributed by atoms with Gasteiger partial charge in [-0.2, -0.15) is 0 Å². The van der Waals surface area contributed by atoms with E-state index in [1.54, 1.807) is 0 Å². The van der Waals surface area contributed by atoms with Crippen LogP contribution in [0.4, 0.5) is 0 Å². The maximum atomic E-state index is 10.1. The van der Waals surface area contributed by atoms with Crippen LogP contribution in [0.15, 0.2) is 12.4 Å². The van der Waals surface area contributed by atoms with Crippen molar-refractivity contribution in [2.24, 2.45) is 5.73 Å². The van der Waals surface area contributed by atoms with Crippen molar-refractivity contribution in [3.05, 3.63) is 12.4 Å². The van der Waals surface area contributed by atoms with E-state index >= 15 is 0 Å². The average molecular weight is 115 g/mol. The Morgan fingerprint density at radius 1 is 1.62 bits per heavy atom. The van der Waals surface area contributed by atoms with Gasteiger partial charge in [-0.3, -0.25) is 15.6 Å². The SMILES string of the molecule is C=C(N)NNC(C)=O. The fourth-order valence-corrected chi connectivity index (χ4v) is 0.168. The van der Waals surface area contributed by atoms with Gasteiger partial charge in [0.15, 0.2) is 0 Å². The summed E-state index contributed by atoms with van der Waals surface area (Å²) in [5, 5.41) is 0. The maximum Gasteiger partial charge on any atom is 0.235 e. The predicted molar refractivity (Wildman–Crippen MR) is 30.3 cm³/mol. The highest BCUT2D eigenvalue weighted by Crippen LogP contribution is 1.59. The Morgan fingerprint density at radius 3 is 2.25 bits per heavy atom. The Morgan fingerprint density at radius 2 is 2.12 bits per heavy atom. The van der Waals surface area contributed by atoms with Gasteiger partial charge >= 0.3 is 0 Å². The molecule has 46 valence electrons. The number of carbonyl (C=O) groups excluding carboxylic acids is 1. The molecule has 8 heavy (non-hydrogen) atoms. The molecule has 0 rings (SSSR count). The Labute approximate surface area is 47.7 Å². The molecule has 0 fully saturated rings. The third kappa shape index (κ3) is 4.81. The maximum absolute atomic E-state index is 10.1. The normalized spacial score (nSPS) is 7.62. The third-order valence-corrected chi connectivity index (χ3v) is 0.399. The van der Waals surface area contributed by atoms with Gasteiger partial charge in [0, 0.05) is 6.92 Å². The number of hydrazine groups is 1. The lowest BCUT2D eigenvalue weighted by Crippen LogP contribution is -2.37. The first-order valence-electron chi connectivity index (χ1n) is 2.10. The number of nitrogens with one attached hydrogen (secondary N) is 2. The van der Waals surface area contributed by atoms with Crippen molar-refractivity contribution >= 4 is 5.91 Å². The summed E-state index contributed by atoms with van der Waals surface area (Å²) in [7, 11) is 0. The molecular formula is C4H9N3O. The van der Waals surface area contributed by atoms with Crippen molar-refractivity contribution in [1.82, 2.24) is 10.9 Å². The number of rotatable bonds is 2. The molecule has 0 bridgehead atoms. The molecule has 0 saturated carbocycles. The topological polar surface area (TPSA) is 67.2 Å². The molecule has 4 nitrogen and oxygen atoms in total. The van der Waals surface area contributed by atoms with E-state index in [0.717, 1.165) is 0 Å². The molecule has 0 aliphatic heterocycles.